The van der Waals surface area contributed by atoms with Gasteiger partial charge in [-0.25, -0.2) is 0 Å². The summed E-state index contributed by atoms with van der Waals surface area (Å²) in [5.41, 5.74) is 7.57. The lowest BCUT2D eigenvalue weighted by atomic mass is 10.1. The SMILES string of the molecule is CCNc1ccc(N(c2ccc(N(c3ccc(NCC)c(OC)c3OC)c3ccc(NCC)c(OC)c3OC)cc2)c2ccc(NCC)c(OC)c2OC)c(OC)c1OC. The standard InChI is InChI=1S/C46H60N6O8/c1-13-47-31-21-25-35(43(57-9)39(31)53-5)51(36-26-22-32(48-14-2)40(54-6)44(36)58-10)29-17-19-30(20-18-29)52(37-27-23-33(49-15-3)41(55-7)45(37)59-11)38-28-24-34(50-16-4)42(56-8)46(38)60-12/h17-28,47-50H,13-16H2,1-12H3. The minimum atomic E-state index is 0.522. The van der Waals surface area contributed by atoms with Gasteiger partial charge < -0.3 is 69.0 Å². The average molecular weight is 825 g/mol. The molecule has 5 aromatic rings. The van der Waals surface area contributed by atoms with E-state index in [0.717, 1.165) is 34.1 Å². The highest BCUT2D eigenvalue weighted by Crippen LogP contribution is 2.55. The van der Waals surface area contributed by atoms with E-state index in [1.54, 1.807) is 56.9 Å². The summed E-state index contributed by atoms with van der Waals surface area (Å²) in [6.07, 6.45) is 0. The van der Waals surface area contributed by atoms with Crippen LogP contribution in [0.25, 0.3) is 0 Å². The Bertz CT molecular complexity index is 1920. The van der Waals surface area contributed by atoms with Crippen LogP contribution in [-0.4, -0.2) is 83.1 Å². The molecule has 0 saturated carbocycles. The Labute approximate surface area is 354 Å². The van der Waals surface area contributed by atoms with Gasteiger partial charge in [-0.1, -0.05) is 0 Å². The maximum atomic E-state index is 6.14. The molecule has 14 heteroatoms. The molecule has 0 spiro atoms. The maximum absolute atomic E-state index is 6.14. The summed E-state index contributed by atoms with van der Waals surface area (Å²) in [6, 6.07) is 24.0. The van der Waals surface area contributed by atoms with Gasteiger partial charge in [-0.15, -0.1) is 0 Å². The number of anilines is 10. The van der Waals surface area contributed by atoms with Gasteiger partial charge in [0.15, 0.2) is 46.0 Å². The molecule has 0 atom stereocenters. The molecule has 0 radical (unpaired) electrons. The van der Waals surface area contributed by atoms with E-state index in [2.05, 4.69) is 31.1 Å². The molecule has 0 fully saturated rings. The summed E-state index contributed by atoms with van der Waals surface area (Å²) in [5, 5.41) is 13.6. The van der Waals surface area contributed by atoms with Gasteiger partial charge in [0.05, 0.1) is 102 Å². The number of methoxy groups -OCH3 is 8. The molecular formula is C46H60N6O8. The van der Waals surface area contributed by atoms with Crippen molar-refractivity contribution in [3.63, 3.8) is 0 Å². The van der Waals surface area contributed by atoms with Gasteiger partial charge in [-0.3, -0.25) is 0 Å². The molecule has 14 nitrogen and oxygen atoms in total. The number of nitrogens with zero attached hydrogens (tertiary/aromatic N) is 2. The quantitative estimate of drug-likeness (QED) is 0.0528. The summed E-state index contributed by atoms with van der Waals surface area (Å²) < 4.78 is 48.4. The zero-order valence-corrected chi connectivity index (χ0v) is 36.9. The molecule has 0 amide bonds. The monoisotopic (exact) mass is 824 g/mol. The third kappa shape index (κ3) is 8.54. The number of hydrogen-bond donors (Lipinski definition) is 4. The summed E-state index contributed by atoms with van der Waals surface area (Å²) in [6.45, 7) is 10.9. The number of benzene rings is 5. The van der Waals surface area contributed by atoms with E-state index in [1.807, 2.05) is 100 Å². The second-order valence-electron chi connectivity index (χ2n) is 13.1. The molecule has 5 aromatic carbocycles. The van der Waals surface area contributed by atoms with Gasteiger partial charge in [-0.05, 0) is 100 Å². The molecule has 0 heterocycles. The molecule has 0 unspecified atom stereocenters. The fourth-order valence-electron chi connectivity index (χ4n) is 7.40. The molecule has 322 valence electrons. The van der Waals surface area contributed by atoms with Crippen molar-refractivity contribution in [3.05, 3.63) is 72.8 Å². The van der Waals surface area contributed by atoms with Crippen molar-refractivity contribution in [3.8, 4) is 46.0 Å². The van der Waals surface area contributed by atoms with E-state index in [9.17, 15) is 0 Å². The van der Waals surface area contributed by atoms with Crippen LogP contribution < -0.4 is 69.0 Å². The first-order chi connectivity index (χ1) is 29.3. The molecule has 5 rings (SSSR count). The first-order valence-electron chi connectivity index (χ1n) is 19.9. The zero-order chi connectivity index (χ0) is 43.3. The van der Waals surface area contributed by atoms with Gasteiger partial charge >= 0.3 is 0 Å². The summed E-state index contributed by atoms with van der Waals surface area (Å²) in [4.78, 5) is 4.12. The lowest BCUT2D eigenvalue weighted by molar-refractivity contribution is 0.355. The molecule has 0 bridgehead atoms. The predicted molar refractivity (Wildman–Crippen MR) is 245 cm³/mol. The highest BCUT2D eigenvalue weighted by atomic mass is 16.5. The number of rotatable bonds is 22. The highest BCUT2D eigenvalue weighted by molar-refractivity contribution is 5.93. The first kappa shape index (κ1) is 44.4. The molecule has 0 saturated heterocycles. The second kappa shape index (κ2) is 20.8. The Morgan fingerprint density at radius 3 is 0.667 bits per heavy atom. The van der Waals surface area contributed by atoms with Gasteiger partial charge in [0.1, 0.15) is 0 Å². The molecule has 0 aliphatic heterocycles. The molecule has 0 aliphatic carbocycles. The lowest BCUT2D eigenvalue weighted by Gasteiger charge is -2.32. The van der Waals surface area contributed by atoms with Crippen molar-refractivity contribution in [2.75, 3.05) is 114 Å². The van der Waals surface area contributed by atoms with Crippen molar-refractivity contribution < 1.29 is 37.9 Å². The first-order valence-corrected chi connectivity index (χ1v) is 19.9. The summed E-state index contributed by atoms with van der Waals surface area (Å²) >= 11 is 0. The Morgan fingerprint density at radius 2 is 0.500 bits per heavy atom. The summed E-state index contributed by atoms with van der Waals surface area (Å²) in [5.74, 6) is 4.32. The van der Waals surface area contributed by atoms with Crippen molar-refractivity contribution in [1.29, 1.82) is 0 Å². The zero-order valence-electron chi connectivity index (χ0n) is 36.9. The number of hydrogen-bond acceptors (Lipinski definition) is 14. The van der Waals surface area contributed by atoms with E-state index in [-0.39, 0.29) is 0 Å². The van der Waals surface area contributed by atoms with Crippen molar-refractivity contribution in [2.24, 2.45) is 0 Å². The lowest BCUT2D eigenvalue weighted by Crippen LogP contribution is -2.16. The van der Waals surface area contributed by atoms with E-state index >= 15 is 0 Å². The van der Waals surface area contributed by atoms with Crippen molar-refractivity contribution >= 4 is 56.9 Å². The van der Waals surface area contributed by atoms with Crippen molar-refractivity contribution in [1.82, 2.24) is 0 Å². The predicted octanol–water partition coefficient (Wildman–Crippen LogP) is 10.4. The van der Waals surface area contributed by atoms with Gasteiger partial charge in [-0.2, -0.15) is 0 Å². The van der Waals surface area contributed by atoms with E-state index < -0.39 is 0 Å². The van der Waals surface area contributed by atoms with Gasteiger partial charge in [0.2, 0.25) is 0 Å². The molecule has 0 aliphatic rings. The van der Waals surface area contributed by atoms with Gasteiger partial charge in [0.25, 0.3) is 0 Å². The number of ether oxygens (including phenoxy) is 8. The van der Waals surface area contributed by atoms with Crippen LogP contribution in [0.1, 0.15) is 27.7 Å². The molecular weight excluding hydrogens is 765 g/mol. The number of nitrogens with one attached hydrogen (secondary N) is 4. The van der Waals surface area contributed by atoms with Crippen LogP contribution in [0.5, 0.6) is 46.0 Å². The molecule has 60 heavy (non-hydrogen) atoms. The third-order valence-electron chi connectivity index (χ3n) is 9.80. The summed E-state index contributed by atoms with van der Waals surface area (Å²) in [7, 11) is 13.1. The second-order valence-corrected chi connectivity index (χ2v) is 13.1. The van der Waals surface area contributed by atoms with E-state index in [1.165, 1.54) is 0 Å². The smallest absolute Gasteiger partial charge is 0.187 e. The highest BCUT2D eigenvalue weighted by Gasteiger charge is 2.30. The molecule has 0 aromatic heterocycles. The largest absolute Gasteiger partial charge is 0.491 e. The van der Waals surface area contributed by atoms with Gasteiger partial charge in [0, 0.05) is 37.6 Å². The third-order valence-corrected chi connectivity index (χ3v) is 9.80. The van der Waals surface area contributed by atoms with Crippen LogP contribution >= 0.6 is 0 Å². The van der Waals surface area contributed by atoms with Crippen LogP contribution in [0.4, 0.5) is 56.9 Å². The average Bonchev–Trinajstić information content (AvgIpc) is 3.27. The minimum Gasteiger partial charge on any atom is -0.491 e. The Hall–Kier alpha value is -6.70. The fraction of sp³-hybridized carbons (Fsp3) is 0.348. The van der Waals surface area contributed by atoms with Crippen LogP contribution in [0.3, 0.4) is 0 Å². The van der Waals surface area contributed by atoms with E-state index in [4.69, 9.17) is 37.9 Å². The van der Waals surface area contributed by atoms with Crippen LogP contribution in [0, 0.1) is 0 Å². The van der Waals surface area contributed by atoms with Crippen molar-refractivity contribution in [2.45, 2.75) is 27.7 Å². The fourth-order valence-corrected chi connectivity index (χ4v) is 7.40. The normalized spacial score (nSPS) is 10.6. The Kier molecular flexibility index (Phi) is 15.4. The topological polar surface area (TPSA) is 128 Å². The van der Waals surface area contributed by atoms with Crippen LogP contribution in [0.2, 0.25) is 0 Å². The minimum absolute atomic E-state index is 0.522. The molecule has 4 N–H and O–H groups in total. The Balaban J connectivity index is 1.84. The maximum Gasteiger partial charge on any atom is 0.187 e. The Morgan fingerprint density at radius 1 is 0.300 bits per heavy atom. The van der Waals surface area contributed by atoms with E-state index in [0.29, 0.717) is 94.9 Å². The van der Waals surface area contributed by atoms with Crippen LogP contribution in [-0.2, 0) is 0 Å². The van der Waals surface area contributed by atoms with Crippen LogP contribution in [0.15, 0.2) is 72.8 Å².